The van der Waals surface area contributed by atoms with Crippen LogP contribution in [0, 0.1) is 22.7 Å². The zero-order chi connectivity index (χ0) is 26.2. The Labute approximate surface area is 223 Å². The van der Waals surface area contributed by atoms with E-state index < -0.39 is 11.5 Å². The maximum absolute atomic E-state index is 13.3. The van der Waals surface area contributed by atoms with Crippen LogP contribution in [0.4, 0.5) is 10.8 Å². The number of hydrogen-bond donors (Lipinski definition) is 4. The largest absolute Gasteiger partial charge is 0.396 e. The quantitative estimate of drug-likeness (QED) is 0.419. The van der Waals surface area contributed by atoms with E-state index in [-0.39, 0.29) is 48.0 Å². The van der Waals surface area contributed by atoms with Crippen molar-refractivity contribution in [1.29, 1.82) is 0 Å². The molecule has 2 amide bonds. The topological polar surface area (TPSA) is 112 Å². The number of aliphatic hydroxyl groups is 2. The van der Waals surface area contributed by atoms with Gasteiger partial charge in [-0.2, -0.15) is 0 Å². The van der Waals surface area contributed by atoms with Crippen molar-refractivity contribution in [3.05, 3.63) is 40.9 Å². The van der Waals surface area contributed by atoms with E-state index in [2.05, 4.69) is 17.6 Å². The van der Waals surface area contributed by atoms with Crippen LogP contribution in [0.3, 0.4) is 0 Å². The summed E-state index contributed by atoms with van der Waals surface area (Å²) in [6.07, 6.45) is 6.87. The zero-order valence-electron chi connectivity index (χ0n) is 21.8. The molecule has 2 aromatic rings. The highest BCUT2D eigenvalue weighted by atomic mass is 32.1. The lowest BCUT2D eigenvalue weighted by molar-refractivity contribution is -0.143. The van der Waals surface area contributed by atoms with Gasteiger partial charge < -0.3 is 20.8 Å². The summed E-state index contributed by atoms with van der Waals surface area (Å²) in [6, 6.07) is 9.44. The predicted octanol–water partition coefficient (Wildman–Crippen LogP) is 5.11. The summed E-state index contributed by atoms with van der Waals surface area (Å²) in [7, 11) is 0. The van der Waals surface area contributed by atoms with Gasteiger partial charge in [-0.15, -0.1) is 11.3 Å². The van der Waals surface area contributed by atoms with Crippen LogP contribution in [0.1, 0.15) is 81.7 Å². The van der Waals surface area contributed by atoms with E-state index in [0.29, 0.717) is 18.0 Å². The zero-order valence-corrected chi connectivity index (χ0v) is 22.7. The molecule has 5 unspecified atom stereocenters. The number of carbonyl (C=O) groups is 2. The van der Waals surface area contributed by atoms with Gasteiger partial charge in [0, 0.05) is 34.2 Å². The lowest BCUT2D eigenvalue weighted by Gasteiger charge is -2.58. The fourth-order valence-corrected chi connectivity index (χ4v) is 8.26. The molecule has 3 aliphatic carbocycles. The van der Waals surface area contributed by atoms with Gasteiger partial charge in [-0.25, -0.2) is 4.98 Å². The second-order valence-electron chi connectivity index (χ2n) is 11.8. The molecule has 7 nitrogen and oxygen atoms in total. The molecule has 5 rings (SSSR count). The van der Waals surface area contributed by atoms with Gasteiger partial charge in [-0.05, 0) is 55.6 Å². The molecule has 3 aliphatic rings. The molecule has 4 N–H and O–H groups in total. The molecule has 37 heavy (non-hydrogen) atoms. The average Bonchev–Trinajstić information content (AvgIpc) is 3.30. The second kappa shape index (κ2) is 10.5. The minimum absolute atomic E-state index is 0.0156. The van der Waals surface area contributed by atoms with Gasteiger partial charge >= 0.3 is 0 Å². The molecule has 0 bridgehead atoms. The Balaban J connectivity index is 1.46. The number of thiazole rings is 1. The number of fused-ring (bicyclic) bond motifs is 2. The molecule has 8 heteroatoms. The number of para-hydroxylation sites is 1. The Kier molecular flexibility index (Phi) is 7.44. The first-order valence-corrected chi connectivity index (χ1v) is 14.5. The first-order valence-electron chi connectivity index (χ1n) is 13.7. The van der Waals surface area contributed by atoms with Gasteiger partial charge in [0.1, 0.15) is 0 Å². The Bertz CT molecular complexity index is 1130. The lowest BCUT2D eigenvalue weighted by atomic mass is 9.47. The highest BCUT2D eigenvalue weighted by molar-refractivity contribution is 7.15. The van der Waals surface area contributed by atoms with Crippen molar-refractivity contribution in [2.45, 2.75) is 83.7 Å². The normalized spacial score (nSPS) is 31.7. The van der Waals surface area contributed by atoms with Crippen LogP contribution in [0.5, 0.6) is 0 Å². The third kappa shape index (κ3) is 4.95. The van der Waals surface area contributed by atoms with E-state index in [1.54, 1.807) is 0 Å². The minimum Gasteiger partial charge on any atom is -0.396 e. The van der Waals surface area contributed by atoms with E-state index in [9.17, 15) is 19.8 Å². The molecule has 1 aromatic carbocycles. The molecule has 1 aromatic heterocycles. The van der Waals surface area contributed by atoms with Crippen LogP contribution in [-0.4, -0.2) is 39.7 Å². The fourth-order valence-electron chi connectivity index (χ4n) is 7.19. The number of carbonyl (C=O) groups excluding carboxylic acids is 2. The molecular formula is C29H39N3O4S. The van der Waals surface area contributed by atoms with Crippen molar-refractivity contribution in [1.82, 2.24) is 4.98 Å². The highest BCUT2D eigenvalue weighted by Crippen LogP contribution is 2.62. The van der Waals surface area contributed by atoms with E-state index in [1.165, 1.54) is 17.8 Å². The van der Waals surface area contributed by atoms with Crippen LogP contribution in [-0.2, 0) is 16.0 Å². The highest BCUT2D eigenvalue weighted by Gasteiger charge is 2.59. The molecule has 0 radical (unpaired) electrons. The Morgan fingerprint density at radius 2 is 1.81 bits per heavy atom. The third-order valence-corrected chi connectivity index (χ3v) is 10.6. The number of aliphatic hydroxyl groups excluding tert-OH is 2. The molecule has 2 saturated carbocycles. The van der Waals surface area contributed by atoms with Crippen molar-refractivity contribution in [2.75, 3.05) is 17.2 Å². The summed E-state index contributed by atoms with van der Waals surface area (Å²) in [5, 5.41) is 28.1. The first-order chi connectivity index (χ1) is 17.7. The molecule has 0 spiro atoms. The first kappa shape index (κ1) is 26.3. The van der Waals surface area contributed by atoms with Gasteiger partial charge in [-0.3, -0.25) is 9.59 Å². The second-order valence-corrected chi connectivity index (χ2v) is 12.9. The molecule has 5 atom stereocenters. The van der Waals surface area contributed by atoms with Crippen molar-refractivity contribution in [3.63, 3.8) is 0 Å². The summed E-state index contributed by atoms with van der Waals surface area (Å²) >= 11 is 1.49. The van der Waals surface area contributed by atoms with Gasteiger partial charge in [0.05, 0.1) is 18.4 Å². The van der Waals surface area contributed by atoms with E-state index in [4.69, 9.17) is 4.98 Å². The standard InChI is InChI=1S/C29H39N3O4S/c1-28-14-13-23(34)29(2,17-33)22(28)16-21-25(20(28)15-24(35)30-19-11-7-4-8-12-19)31-27(37-21)32-26(36)18-9-5-3-6-10-18/h4,7-8,11-12,18,20,22-23,33-34H,3,5-6,9-10,13-17H2,1-2H3,(H,30,35)(H,31,32,36). The Morgan fingerprint density at radius 3 is 2.51 bits per heavy atom. The molecular weight excluding hydrogens is 486 g/mol. The van der Waals surface area contributed by atoms with Crippen LogP contribution in [0.2, 0.25) is 0 Å². The molecule has 200 valence electrons. The van der Waals surface area contributed by atoms with Gasteiger partial charge in [0.15, 0.2) is 5.13 Å². The number of amides is 2. The number of rotatable bonds is 6. The lowest BCUT2D eigenvalue weighted by Crippen LogP contribution is -2.57. The summed E-state index contributed by atoms with van der Waals surface area (Å²) in [6.45, 7) is 4.05. The van der Waals surface area contributed by atoms with Crippen LogP contribution >= 0.6 is 11.3 Å². The number of aromatic nitrogens is 1. The fraction of sp³-hybridized carbons (Fsp3) is 0.621. The minimum atomic E-state index is -0.672. The Hall–Kier alpha value is -2.29. The van der Waals surface area contributed by atoms with Crippen LogP contribution in [0.25, 0.3) is 0 Å². The van der Waals surface area contributed by atoms with Crippen molar-refractivity contribution >= 4 is 34.0 Å². The number of anilines is 2. The van der Waals surface area contributed by atoms with E-state index >= 15 is 0 Å². The summed E-state index contributed by atoms with van der Waals surface area (Å²) in [5.74, 6) is -0.196. The predicted molar refractivity (Wildman–Crippen MR) is 145 cm³/mol. The van der Waals surface area contributed by atoms with Crippen LogP contribution in [0.15, 0.2) is 30.3 Å². The van der Waals surface area contributed by atoms with Gasteiger partial charge in [0.2, 0.25) is 11.8 Å². The summed E-state index contributed by atoms with van der Waals surface area (Å²) in [5.41, 5.74) is 0.649. The van der Waals surface area contributed by atoms with Gasteiger partial charge in [0.25, 0.3) is 0 Å². The number of nitrogens with one attached hydrogen (secondary N) is 2. The average molecular weight is 526 g/mol. The van der Waals surface area contributed by atoms with Crippen molar-refractivity contribution in [3.8, 4) is 0 Å². The van der Waals surface area contributed by atoms with Crippen molar-refractivity contribution in [2.24, 2.45) is 22.7 Å². The van der Waals surface area contributed by atoms with E-state index in [1.807, 2.05) is 37.3 Å². The number of benzene rings is 1. The smallest absolute Gasteiger partial charge is 0.229 e. The van der Waals surface area contributed by atoms with E-state index in [0.717, 1.165) is 48.4 Å². The van der Waals surface area contributed by atoms with Crippen molar-refractivity contribution < 1.29 is 19.8 Å². The monoisotopic (exact) mass is 525 g/mol. The van der Waals surface area contributed by atoms with Crippen LogP contribution < -0.4 is 10.6 Å². The van der Waals surface area contributed by atoms with Gasteiger partial charge in [-0.1, -0.05) is 51.3 Å². The Morgan fingerprint density at radius 1 is 1.08 bits per heavy atom. The maximum Gasteiger partial charge on any atom is 0.229 e. The summed E-state index contributed by atoms with van der Waals surface area (Å²) < 4.78 is 0. The maximum atomic E-state index is 13.3. The molecule has 0 saturated heterocycles. The SMILES string of the molecule is CC1(CO)C(O)CCC2(C)C(CC(=O)Nc3ccccc3)c3nc(NC(=O)C4CCCCC4)sc3CC12. The number of hydrogen-bond acceptors (Lipinski definition) is 6. The molecule has 1 heterocycles. The summed E-state index contributed by atoms with van der Waals surface area (Å²) in [4.78, 5) is 32.3. The third-order valence-electron chi connectivity index (χ3n) is 9.55. The molecule has 0 aliphatic heterocycles. The molecule has 2 fully saturated rings. The number of nitrogens with zero attached hydrogens (tertiary/aromatic N) is 1.